The number of hydrogen-bond donors (Lipinski definition) is 1. The smallest absolute Gasteiger partial charge is 0.226 e. The Balaban J connectivity index is 2.14. The van der Waals surface area contributed by atoms with E-state index in [4.69, 9.17) is 23.8 Å². The highest BCUT2D eigenvalue weighted by Gasteiger charge is 2.04. The quantitative estimate of drug-likeness (QED) is 0.860. The lowest BCUT2D eigenvalue weighted by atomic mass is 10.2. The van der Waals surface area contributed by atoms with Crippen LogP contribution in [-0.4, -0.2) is 26.1 Å². The second kappa shape index (κ2) is 6.76. The van der Waals surface area contributed by atoms with Gasteiger partial charge in [0, 0.05) is 12.7 Å². The topological polar surface area (TPSA) is 55.6 Å². The molecule has 0 atom stereocenters. The highest BCUT2D eigenvalue weighted by molar-refractivity contribution is 7.71. The van der Waals surface area contributed by atoms with Crippen molar-refractivity contribution >= 4 is 29.8 Å². The molecule has 20 heavy (non-hydrogen) atoms. The van der Waals surface area contributed by atoms with E-state index in [9.17, 15) is 0 Å². The SMILES string of the molecule is CC(C)CNc1ncn(Cc2ncccc2Cl)c(=S)n1. The Labute approximate surface area is 128 Å². The molecule has 0 saturated heterocycles. The van der Waals surface area contributed by atoms with Gasteiger partial charge in [-0.25, -0.2) is 4.98 Å². The Kier molecular flexibility index (Phi) is 5.03. The van der Waals surface area contributed by atoms with Gasteiger partial charge in [-0.1, -0.05) is 25.4 Å². The molecule has 2 rings (SSSR count). The minimum absolute atomic E-state index is 0.452. The van der Waals surface area contributed by atoms with Gasteiger partial charge in [0.25, 0.3) is 0 Å². The molecule has 2 aromatic rings. The molecule has 2 aromatic heterocycles. The summed E-state index contributed by atoms with van der Waals surface area (Å²) in [4.78, 5) is 12.7. The Morgan fingerprint density at radius 3 is 2.85 bits per heavy atom. The molecule has 0 amide bonds. The fraction of sp³-hybridized carbons (Fsp3) is 0.385. The summed E-state index contributed by atoms with van der Waals surface area (Å²) < 4.78 is 2.19. The van der Waals surface area contributed by atoms with E-state index in [0.717, 1.165) is 12.2 Å². The highest BCUT2D eigenvalue weighted by atomic mass is 35.5. The van der Waals surface area contributed by atoms with Crippen LogP contribution in [0.15, 0.2) is 24.7 Å². The fourth-order valence-electron chi connectivity index (χ4n) is 1.54. The Hall–Kier alpha value is -1.53. The van der Waals surface area contributed by atoms with Crippen molar-refractivity contribution in [3.8, 4) is 0 Å². The van der Waals surface area contributed by atoms with Gasteiger partial charge >= 0.3 is 0 Å². The molecular weight excluding hydrogens is 294 g/mol. The Bertz CT molecular complexity index is 641. The molecule has 7 heteroatoms. The van der Waals surface area contributed by atoms with E-state index in [1.807, 2.05) is 0 Å². The van der Waals surface area contributed by atoms with E-state index in [1.54, 1.807) is 29.2 Å². The van der Waals surface area contributed by atoms with Crippen molar-refractivity contribution in [1.29, 1.82) is 0 Å². The maximum Gasteiger partial charge on any atom is 0.226 e. The van der Waals surface area contributed by atoms with Crippen LogP contribution >= 0.6 is 23.8 Å². The molecule has 0 spiro atoms. The molecule has 1 N–H and O–H groups in total. The van der Waals surface area contributed by atoms with Crippen LogP contribution in [0.25, 0.3) is 0 Å². The van der Waals surface area contributed by atoms with Crippen LogP contribution in [0.3, 0.4) is 0 Å². The van der Waals surface area contributed by atoms with E-state index < -0.39 is 0 Å². The number of halogens is 1. The average molecular weight is 310 g/mol. The van der Waals surface area contributed by atoms with Crippen LogP contribution in [0.5, 0.6) is 0 Å². The number of nitrogens with one attached hydrogen (secondary N) is 1. The van der Waals surface area contributed by atoms with Gasteiger partial charge in [0.1, 0.15) is 6.33 Å². The first-order valence-corrected chi connectivity index (χ1v) is 7.11. The van der Waals surface area contributed by atoms with Crippen LogP contribution in [-0.2, 0) is 6.54 Å². The average Bonchev–Trinajstić information content (AvgIpc) is 2.41. The predicted molar refractivity (Wildman–Crippen MR) is 82.5 cm³/mol. The van der Waals surface area contributed by atoms with Crippen molar-refractivity contribution in [3.63, 3.8) is 0 Å². The number of nitrogens with zero attached hydrogens (tertiary/aromatic N) is 4. The molecule has 0 bridgehead atoms. The summed E-state index contributed by atoms with van der Waals surface area (Å²) >= 11 is 11.3. The van der Waals surface area contributed by atoms with Crippen LogP contribution in [0.1, 0.15) is 19.5 Å². The largest absolute Gasteiger partial charge is 0.354 e. The summed E-state index contributed by atoms with van der Waals surface area (Å²) in [6.45, 7) is 5.51. The number of aromatic nitrogens is 4. The summed E-state index contributed by atoms with van der Waals surface area (Å²) in [5, 5.41) is 3.75. The molecule has 5 nitrogen and oxygen atoms in total. The third kappa shape index (κ3) is 3.98. The first-order chi connectivity index (χ1) is 9.56. The molecule has 0 fully saturated rings. The third-order valence-electron chi connectivity index (χ3n) is 2.59. The maximum atomic E-state index is 6.08. The lowest BCUT2D eigenvalue weighted by Gasteiger charge is -2.10. The summed E-state index contributed by atoms with van der Waals surface area (Å²) in [5.41, 5.74) is 0.747. The zero-order valence-electron chi connectivity index (χ0n) is 11.4. The number of rotatable bonds is 5. The first kappa shape index (κ1) is 14.9. The van der Waals surface area contributed by atoms with E-state index in [0.29, 0.717) is 28.2 Å². The van der Waals surface area contributed by atoms with E-state index in [2.05, 4.69) is 34.1 Å². The van der Waals surface area contributed by atoms with Crippen molar-refractivity contribution < 1.29 is 0 Å². The zero-order valence-corrected chi connectivity index (χ0v) is 12.9. The van der Waals surface area contributed by atoms with Gasteiger partial charge in [0.05, 0.1) is 17.3 Å². The normalized spacial score (nSPS) is 10.8. The van der Waals surface area contributed by atoms with E-state index in [1.165, 1.54) is 0 Å². The van der Waals surface area contributed by atoms with E-state index >= 15 is 0 Å². The van der Waals surface area contributed by atoms with Gasteiger partial charge in [-0.2, -0.15) is 4.98 Å². The minimum Gasteiger partial charge on any atom is -0.354 e. The lowest BCUT2D eigenvalue weighted by Crippen LogP contribution is -2.13. The lowest BCUT2D eigenvalue weighted by molar-refractivity contribution is 0.673. The van der Waals surface area contributed by atoms with Gasteiger partial charge in [-0.3, -0.25) is 4.98 Å². The number of pyridine rings is 1. The van der Waals surface area contributed by atoms with Crippen LogP contribution < -0.4 is 5.32 Å². The minimum atomic E-state index is 0.452. The van der Waals surface area contributed by atoms with Crippen LogP contribution in [0, 0.1) is 10.7 Å². The molecule has 0 aliphatic heterocycles. The molecule has 0 aliphatic carbocycles. The number of hydrogen-bond acceptors (Lipinski definition) is 5. The highest BCUT2D eigenvalue weighted by Crippen LogP contribution is 2.13. The maximum absolute atomic E-state index is 6.08. The first-order valence-electron chi connectivity index (χ1n) is 6.33. The van der Waals surface area contributed by atoms with Gasteiger partial charge in [-0.15, -0.1) is 0 Å². The fourth-order valence-corrected chi connectivity index (χ4v) is 1.92. The van der Waals surface area contributed by atoms with Crippen molar-refractivity contribution in [2.24, 2.45) is 5.92 Å². The van der Waals surface area contributed by atoms with Crippen molar-refractivity contribution in [3.05, 3.63) is 40.1 Å². The molecule has 106 valence electrons. The summed E-state index contributed by atoms with van der Waals surface area (Å²) in [6, 6.07) is 3.59. The molecule has 0 aliphatic rings. The Morgan fingerprint density at radius 1 is 1.40 bits per heavy atom. The van der Waals surface area contributed by atoms with Crippen molar-refractivity contribution in [2.75, 3.05) is 11.9 Å². The molecule has 0 radical (unpaired) electrons. The van der Waals surface area contributed by atoms with Crippen LogP contribution in [0.4, 0.5) is 5.95 Å². The second-order valence-corrected chi connectivity index (χ2v) is 5.57. The molecule has 2 heterocycles. The molecule has 0 unspecified atom stereocenters. The standard InChI is InChI=1S/C13H16ClN5S/c1-9(2)6-16-12-17-8-19(13(20)18-12)7-11-10(14)4-3-5-15-11/h3-5,8-9H,6-7H2,1-2H3,(H,16,18,20). The van der Waals surface area contributed by atoms with Crippen molar-refractivity contribution in [1.82, 2.24) is 19.5 Å². The van der Waals surface area contributed by atoms with Crippen molar-refractivity contribution in [2.45, 2.75) is 20.4 Å². The van der Waals surface area contributed by atoms with E-state index in [-0.39, 0.29) is 0 Å². The molecule has 0 aromatic carbocycles. The second-order valence-electron chi connectivity index (χ2n) is 4.80. The van der Waals surface area contributed by atoms with Gasteiger partial charge in [0.2, 0.25) is 10.7 Å². The van der Waals surface area contributed by atoms with Gasteiger partial charge in [-0.05, 0) is 30.3 Å². The summed E-state index contributed by atoms with van der Waals surface area (Å²) in [5.74, 6) is 1.07. The number of anilines is 1. The Morgan fingerprint density at radius 2 is 2.20 bits per heavy atom. The molecular formula is C13H16ClN5S. The van der Waals surface area contributed by atoms with Crippen LogP contribution in [0.2, 0.25) is 5.02 Å². The van der Waals surface area contributed by atoms with Gasteiger partial charge < -0.3 is 9.88 Å². The summed E-state index contributed by atoms with van der Waals surface area (Å²) in [6.07, 6.45) is 3.35. The monoisotopic (exact) mass is 309 g/mol. The predicted octanol–water partition coefficient (Wildman–Crippen LogP) is 3.17. The molecule has 0 saturated carbocycles. The van der Waals surface area contributed by atoms with Gasteiger partial charge in [0.15, 0.2) is 0 Å². The zero-order chi connectivity index (χ0) is 14.5. The third-order valence-corrected chi connectivity index (χ3v) is 3.26. The summed E-state index contributed by atoms with van der Waals surface area (Å²) in [7, 11) is 0.